The molecule has 0 fully saturated rings. The Bertz CT molecular complexity index is 948. The molecule has 152 valence electrons. The molecule has 29 heavy (non-hydrogen) atoms. The largest absolute Gasteiger partial charge is 0.385 e. The van der Waals surface area contributed by atoms with Crippen LogP contribution in [0.3, 0.4) is 0 Å². The molecule has 1 aromatic heterocycles. The lowest BCUT2D eigenvalue weighted by atomic mass is 10.0. The molecule has 0 spiro atoms. The first kappa shape index (κ1) is 21.1. The second-order valence-corrected chi connectivity index (χ2v) is 7.15. The van der Waals surface area contributed by atoms with E-state index < -0.39 is 11.6 Å². The van der Waals surface area contributed by atoms with E-state index in [0.29, 0.717) is 30.0 Å². The Balaban J connectivity index is 2.05. The summed E-state index contributed by atoms with van der Waals surface area (Å²) >= 11 is 0. The van der Waals surface area contributed by atoms with Crippen molar-refractivity contribution in [1.82, 2.24) is 9.97 Å². The van der Waals surface area contributed by atoms with Crippen LogP contribution in [0.25, 0.3) is 22.5 Å². The fraction of sp³-hybridized carbons (Fsp3) is 0.333. The van der Waals surface area contributed by atoms with Gasteiger partial charge in [0.1, 0.15) is 11.6 Å². The summed E-state index contributed by atoms with van der Waals surface area (Å²) in [4.78, 5) is 9.36. The minimum Gasteiger partial charge on any atom is -0.385 e. The minimum atomic E-state index is -0.553. The monoisotopic (exact) mass is 396 g/mol. The second-order valence-electron chi connectivity index (χ2n) is 7.15. The average molecular weight is 396 g/mol. The number of hydrogen-bond acceptors (Lipinski definition) is 3. The Morgan fingerprint density at radius 1 is 0.931 bits per heavy atom. The molecule has 0 bridgehead atoms. The molecule has 0 radical (unpaired) electrons. The zero-order chi connectivity index (χ0) is 20.8. The molecular weight excluding hydrogens is 370 g/mol. The van der Waals surface area contributed by atoms with Crippen LogP contribution in [0.2, 0.25) is 0 Å². The van der Waals surface area contributed by atoms with Crippen molar-refractivity contribution in [2.24, 2.45) is 0 Å². The summed E-state index contributed by atoms with van der Waals surface area (Å²) in [5, 5.41) is 0. The van der Waals surface area contributed by atoms with Gasteiger partial charge in [0.25, 0.3) is 0 Å². The second kappa shape index (κ2) is 9.70. The fourth-order valence-electron chi connectivity index (χ4n) is 3.30. The number of aromatic nitrogens is 2. The normalized spacial score (nSPS) is 11.1. The maximum Gasteiger partial charge on any atom is 0.129 e. The average Bonchev–Trinajstić information content (AvgIpc) is 2.71. The quantitative estimate of drug-likeness (QED) is 0.443. The molecule has 0 unspecified atom stereocenters. The summed E-state index contributed by atoms with van der Waals surface area (Å²) in [5.74, 6) is -1.11. The zero-order valence-electron chi connectivity index (χ0n) is 17.1. The summed E-state index contributed by atoms with van der Waals surface area (Å²) < 4.78 is 33.9. The zero-order valence-corrected chi connectivity index (χ0v) is 17.1. The molecule has 3 aromatic rings. The van der Waals surface area contributed by atoms with Gasteiger partial charge in [-0.1, -0.05) is 36.8 Å². The van der Waals surface area contributed by atoms with E-state index in [1.165, 1.54) is 12.1 Å². The number of methoxy groups -OCH3 is 1. The number of unbranched alkanes of at least 4 members (excludes halogenated alkanes) is 1. The van der Waals surface area contributed by atoms with Crippen molar-refractivity contribution in [3.8, 4) is 22.5 Å². The first-order valence-corrected chi connectivity index (χ1v) is 9.93. The first-order valence-electron chi connectivity index (χ1n) is 9.93. The maximum absolute atomic E-state index is 14.4. The third kappa shape index (κ3) is 5.04. The molecule has 0 aliphatic carbocycles. The molecule has 5 heteroatoms. The fourth-order valence-corrected chi connectivity index (χ4v) is 3.30. The van der Waals surface area contributed by atoms with Crippen molar-refractivity contribution in [3.63, 3.8) is 0 Å². The molecule has 0 saturated carbocycles. The highest BCUT2D eigenvalue weighted by molar-refractivity contribution is 5.78. The van der Waals surface area contributed by atoms with Gasteiger partial charge >= 0.3 is 0 Å². The van der Waals surface area contributed by atoms with Gasteiger partial charge in [-0.25, -0.2) is 13.8 Å². The molecule has 0 atom stereocenters. The van der Waals surface area contributed by atoms with Crippen molar-refractivity contribution in [2.45, 2.75) is 39.5 Å². The van der Waals surface area contributed by atoms with E-state index in [9.17, 15) is 8.78 Å². The van der Waals surface area contributed by atoms with Crippen LogP contribution in [0.1, 0.15) is 36.6 Å². The molecule has 3 rings (SSSR count). The van der Waals surface area contributed by atoms with Gasteiger partial charge in [-0.15, -0.1) is 0 Å². The van der Waals surface area contributed by atoms with Gasteiger partial charge < -0.3 is 4.74 Å². The number of halogens is 2. The topological polar surface area (TPSA) is 35.0 Å². The van der Waals surface area contributed by atoms with Crippen LogP contribution in [-0.4, -0.2) is 23.7 Å². The highest BCUT2D eigenvalue weighted by Gasteiger charge is 2.16. The summed E-state index contributed by atoms with van der Waals surface area (Å²) in [6, 6.07) is 10.6. The van der Waals surface area contributed by atoms with E-state index in [0.717, 1.165) is 36.1 Å². The third-order valence-corrected chi connectivity index (χ3v) is 4.95. The van der Waals surface area contributed by atoms with Crippen LogP contribution in [0.15, 0.2) is 42.6 Å². The van der Waals surface area contributed by atoms with Gasteiger partial charge in [-0.3, -0.25) is 4.98 Å². The van der Waals surface area contributed by atoms with E-state index >= 15 is 0 Å². The smallest absolute Gasteiger partial charge is 0.129 e. The number of rotatable bonds is 8. The third-order valence-electron chi connectivity index (χ3n) is 4.95. The van der Waals surface area contributed by atoms with Crippen molar-refractivity contribution in [2.75, 3.05) is 13.7 Å². The van der Waals surface area contributed by atoms with Gasteiger partial charge in [0, 0.05) is 36.6 Å². The lowest BCUT2D eigenvalue weighted by Gasteiger charge is -2.12. The Morgan fingerprint density at radius 2 is 1.62 bits per heavy atom. The number of nitrogens with zero attached hydrogens (tertiary/aromatic N) is 2. The molecule has 2 aromatic carbocycles. The van der Waals surface area contributed by atoms with E-state index in [1.807, 2.05) is 31.2 Å². The van der Waals surface area contributed by atoms with E-state index in [-0.39, 0.29) is 5.56 Å². The van der Waals surface area contributed by atoms with Crippen LogP contribution in [0, 0.1) is 18.6 Å². The SMILES string of the molecule is CCc1c(F)cc(-c2ncc(CCCCOC)nc2-c2ccc(C)cc2)cc1F. The summed E-state index contributed by atoms with van der Waals surface area (Å²) in [7, 11) is 1.69. The molecule has 3 nitrogen and oxygen atoms in total. The number of hydrogen-bond donors (Lipinski definition) is 0. The molecule has 0 aliphatic heterocycles. The molecule has 0 amide bonds. The van der Waals surface area contributed by atoms with Crippen LogP contribution >= 0.6 is 0 Å². The number of aryl methyl sites for hydroxylation is 2. The molecular formula is C24H26F2N2O. The Kier molecular flexibility index (Phi) is 7.04. The highest BCUT2D eigenvalue weighted by atomic mass is 19.1. The van der Waals surface area contributed by atoms with Crippen LogP contribution in [-0.2, 0) is 17.6 Å². The van der Waals surface area contributed by atoms with E-state index in [2.05, 4.69) is 4.98 Å². The van der Waals surface area contributed by atoms with Crippen LogP contribution in [0.4, 0.5) is 8.78 Å². The van der Waals surface area contributed by atoms with E-state index in [1.54, 1.807) is 20.2 Å². The van der Waals surface area contributed by atoms with Gasteiger partial charge in [0.15, 0.2) is 0 Å². The lowest BCUT2D eigenvalue weighted by Crippen LogP contribution is -2.02. The Morgan fingerprint density at radius 3 is 2.24 bits per heavy atom. The molecule has 0 aliphatic rings. The number of benzene rings is 2. The molecule has 1 heterocycles. The number of ether oxygens (including phenoxy) is 1. The Hall–Kier alpha value is -2.66. The Labute approximate surface area is 170 Å². The van der Waals surface area contributed by atoms with Crippen molar-refractivity contribution in [3.05, 3.63) is 71.1 Å². The summed E-state index contributed by atoms with van der Waals surface area (Å²) in [5.41, 5.74) is 4.46. The molecule has 0 N–H and O–H groups in total. The van der Waals surface area contributed by atoms with Gasteiger partial charge in [0.05, 0.1) is 17.1 Å². The predicted molar refractivity (Wildman–Crippen MR) is 112 cm³/mol. The van der Waals surface area contributed by atoms with Crippen molar-refractivity contribution < 1.29 is 13.5 Å². The van der Waals surface area contributed by atoms with Gasteiger partial charge in [0.2, 0.25) is 0 Å². The standard InChI is InChI=1S/C24H26F2N2O/c1-4-20-21(25)13-18(14-22(20)26)23-24(17-10-8-16(2)9-11-17)28-19(15-27-23)7-5-6-12-29-3/h8-11,13-15H,4-7,12H2,1-3H3. The van der Waals surface area contributed by atoms with Crippen molar-refractivity contribution in [1.29, 1.82) is 0 Å². The van der Waals surface area contributed by atoms with Crippen molar-refractivity contribution >= 4 is 0 Å². The molecule has 0 saturated heterocycles. The summed E-state index contributed by atoms with van der Waals surface area (Å²) in [6.45, 7) is 4.45. The predicted octanol–water partition coefficient (Wildman–Crippen LogP) is 5.93. The highest BCUT2D eigenvalue weighted by Crippen LogP contribution is 2.31. The van der Waals surface area contributed by atoms with Crippen LogP contribution in [0.5, 0.6) is 0 Å². The summed E-state index contributed by atoms with van der Waals surface area (Å²) in [6.07, 6.45) is 4.64. The van der Waals surface area contributed by atoms with Gasteiger partial charge in [-0.2, -0.15) is 0 Å². The first-order chi connectivity index (χ1) is 14.0. The van der Waals surface area contributed by atoms with Gasteiger partial charge in [-0.05, 0) is 44.7 Å². The maximum atomic E-state index is 14.4. The lowest BCUT2D eigenvalue weighted by molar-refractivity contribution is 0.193. The van der Waals surface area contributed by atoms with Crippen LogP contribution < -0.4 is 0 Å². The minimum absolute atomic E-state index is 0.0911. The van der Waals surface area contributed by atoms with E-state index in [4.69, 9.17) is 9.72 Å².